The van der Waals surface area contributed by atoms with Crippen LogP contribution in [-0.4, -0.2) is 18.5 Å². The van der Waals surface area contributed by atoms with Gasteiger partial charge in [-0.05, 0) is 79.6 Å². The van der Waals surface area contributed by atoms with Crippen LogP contribution in [-0.2, 0) is 14.3 Å². The Bertz CT molecular complexity index is 1530. The molecule has 6 heteroatoms. The van der Waals surface area contributed by atoms with Gasteiger partial charge in [0.2, 0.25) is 0 Å². The second-order valence-corrected chi connectivity index (χ2v) is 7.89. The van der Waals surface area contributed by atoms with Crippen LogP contribution in [0.5, 0.6) is 5.75 Å². The Morgan fingerprint density at radius 3 is 1.79 bits per heavy atom. The average Bonchev–Trinajstić information content (AvgIpc) is 2.95. The summed E-state index contributed by atoms with van der Waals surface area (Å²) in [6.07, 6.45) is 2.18. The Labute approximate surface area is 221 Å². The van der Waals surface area contributed by atoms with Gasteiger partial charge in [0.15, 0.2) is 0 Å². The molecule has 0 radical (unpaired) electrons. The normalized spacial score (nSPS) is 9.32. The molecule has 0 N–H and O–H groups in total. The maximum absolute atomic E-state index is 12.2. The number of ether oxygens (including phenoxy) is 2. The van der Waals surface area contributed by atoms with E-state index in [1.807, 2.05) is 30.3 Å². The molecule has 0 aliphatic heterocycles. The first-order chi connectivity index (χ1) is 18.5. The molecule has 3 aromatic carbocycles. The molecule has 0 heterocycles. The van der Waals surface area contributed by atoms with Gasteiger partial charge >= 0.3 is 11.9 Å². The van der Waals surface area contributed by atoms with E-state index in [1.165, 1.54) is 0 Å². The second kappa shape index (κ2) is 14.1. The van der Waals surface area contributed by atoms with Crippen molar-refractivity contribution in [3.63, 3.8) is 0 Å². The SMILES string of the molecule is C=CC(=O)OCCCCC(=O)Oc1cc(C#Cc2ccc(C#Cc3ccc(C#N)cc3)cc2)ccc1C#N. The zero-order valence-electron chi connectivity index (χ0n) is 20.5. The molecule has 0 saturated heterocycles. The summed E-state index contributed by atoms with van der Waals surface area (Å²) in [6.45, 7) is 3.51. The molecule has 0 spiro atoms. The van der Waals surface area contributed by atoms with Crippen LogP contribution in [0.3, 0.4) is 0 Å². The number of esters is 2. The third kappa shape index (κ3) is 8.58. The zero-order chi connectivity index (χ0) is 27.2. The van der Waals surface area contributed by atoms with E-state index in [9.17, 15) is 14.9 Å². The van der Waals surface area contributed by atoms with Gasteiger partial charge in [0.25, 0.3) is 0 Å². The molecule has 0 bridgehead atoms. The molecule has 3 aromatic rings. The fourth-order valence-corrected chi connectivity index (χ4v) is 3.11. The van der Waals surface area contributed by atoms with E-state index < -0.39 is 11.9 Å². The lowest BCUT2D eigenvalue weighted by Gasteiger charge is -2.07. The van der Waals surface area contributed by atoms with E-state index in [-0.39, 0.29) is 24.3 Å². The molecule has 0 atom stereocenters. The van der Waals surface area contributed by atoms with E-state index in [2.05, 4.69) is 36.3 Å². The van der Waals surface area contributed by atoms with Gasteiger partial charge < -0.3 is 9.47 Å². The van der Waals surface area contributed by atoms with Crippen LogP contribution in [0.2, 0.25) is 0 Å². The lowest BCUT2D eigenvalue weighted by Crippen LogP contribution is -2.10. The maximum Gasteiger partial charge on any atom is 0.330 e. The number of unbranched alkanes of at least 4 members (excludes halogenated alkanes) is 1. The van der Waals surface area contributed by atoms with Crippen LogP contribution in [0.25, 0.3) is 0 Å². The minimum Gasteiger partial charge on any atom is -0.463 e. The van der Waals surface area contributed by atoms with Crippen molar-refractivity contribution < 1.29 is 19.1 Å². The molecule has 0 amide bonds. The van der Waals surface area contributed by atoms with E-state index in [1.54, 1.807) is 42.5 Å². The highest BCUT2D eigenvalue weighted by atomic mass is 16.5. The van der Waals surface area contributed by atoms with Crippen molar-refractivity contribution in [2.45, 2.75) is 19.3 Å². The zero-order valence-corrected chi connectivity index (χ0v) is 20.5. The lowest BCUT2D eigenvalue weighted by atomic mass is 10.1. The molecule has 184 valence electrons. The standard InChI is InChI=1S/C32H22N2O4/c1-2-31(35)37-20-4-3-5-32(36)38-30-21-27(18-19-29(30)23-34)15-12-25-9-6-24(7-10-25)8-11-26-13-16-28(22-33)17-14-26/h2,6-7,9-10,13-14,16-19,21H,1,3-5,20H2. The van der Waals surface area contributed by atoms with Crippen LogP contribution < -0.4 is 4.74 Å². The van der Waals surface area contributed by atoms with Crippen LogP contribution in [0, 0.1) is 46.3 Å². The van der Waals surface area contributed by atoms with Crippen molar-refractivity contribution in [2.24, 2.45) is 0 Å². The van der Waals surface area contributed by atoms with E-state index in [0.29, 0.717) is 24.0 Å². The fourth-order valence-electron chi connectivity index (χ4n) is 3.11. The van der Waals surface area contributed by atoms with E-state index in [0.717, 1.165) is 22.8 Å². The molecular formula is C32H22N2O4. The first-order valence-corrected chi connectivity index (χ1v) is 11.7. The first-order valence-electron chi connectivity index (χ1n) is 11.7. The summed E-state index contributed by atoms with van der Waals surface area (Å²) in [5.74, 6) is 11.4. The van der Waals surface area contributed by atoms with E-state index in [4.69, 9.17) is 14.7 Å². The molecule has 0 saturated carbocycles. The number of nitrogens with zero attached hydrogens (tertiary/aromatic N) is 2. The maximum atomic E-state index is 12.2. The van der Waals surface area contributed by atoms with Crippen molar-refractivity contribution in [1.29, 1.82) is 10.5 Å². The molecule has 0 aromatic heterocycles. The number of carbonyl (C=O) groups excluding carboxylic acids is 2. The molecule has 0 unspecified atom stereocenters. The number of nitriles is 2. The van der Waals surface area contributed by atoms with Crippen molar-refractivity contribution >= 4 is 11.9 Å². The van der Waals surface area contributed by atoms with Gasteiger partial charge in [0.05, 0.1) is 23.8 Å². The largest absolute Gasteiger partial charge is 0.463 e. The van der Waals surface area contributed by atoms with Crippen LogP contribution >= 0.6 is 0 Å². The Morgan fingerprint density at radius 2 is 1.26 bits per heavy atom. The average molecular weight is 499 g/mol. The Morgan fingerprint density at radius 1 is 0.737 bits per heavy atom. The summed E-state index contributed by atoms with van der Waals surface area (Å²) in [6, 6.07) is 23.4. The van der Waals surface area contributed by atoms with E-state index >= 15 is 0 Å². The van der Waals surface area contributed by atoms with Crippen LogP contribution in [0.15, 0.2) is 79.4 Å². The molecule has 3 rings (SSSR count). The minimum absolute atomic E-state index is 0.118. The second-order valence-electron chi connectivity index (χ2n) is 7.89. The Hall–Kier alpha value is -5.56. The molecule has 0 aliphatic carbocycles. The fraction of sp³-hybridized carbons (Fsp3) is 0.125. The first kappa shape index (κ1) is 27.0. The third-order valence-corrected chi connectivity index (χ3v) is 5.11. The summed E-state index contributed by atoms with van der Waals surface area (Å²) in [7, 11) is 0. The summed E-state index contributed by atoms with van der Waals surface area (Å²) in [5, 5.41) is 18.2. The van der Waals surface area contributed by atoms with Gasteiger partial charge in [0, 0.05) is 34.8 Å². The molecular weight excluding hydrogens is 476 g/mol. The molecule has 38 heavy (non-hydrogen) atoms. The third-order valence-electron chi connectivity index (χ3n) is 5.11. The van der Waals surface area contributed by atoms with Crippen LogP contribution in [0.1, 0.15) is 52.6 Å². The van der Waals surface area contributed by atoms with Gasteiger partial charge in [-0.2, -0.15) is 10.5 Å². The highest BCUT2D eigenvalue weighted by Crippen LogP contribution is 2.20. The summed E-state index contributed by atoms with van der Waals surface area (Å²) in [5.41, 5.74) is 3.83. The smallest absolute Gasteiger partial charge is 0.330 e. The summed E-state index contributed by atoms with van der Waals surface area (Å²) < 4.78 is 10.3. The van der Waals surface area contributed by atoms with Crippen molar-refractivity contribution in [3.05, 3.63) is 113 Å². The Balaban J connectivity index is 1.60. The lowest BCUT2D eigenvalue weighted by molar-refractivity contribution is -0.137. The van der Waals surface area contributed by atoms with Crippen molar-refractivity contribution in [3.8, 4) is 41.6 Å². The highest BCUT2D eigenvalue weighted by molar-refractivity contribution is 5.81. The predicted molar refractivity (Wildman–Crippen MR) is 141 cm³/mol. The van der Waals surface area contributed by atoms with Gasteiger partial charge in [-0.25, -0.2) is 4.79 Å². The van der Waals surface area contributed by atoms with Gasteiger partial charge in [0.1, 0.15) is 11.8 Å². The Kier molecular flexibility index (Phi) is 10.0. The monoisotopic (exact) mass is 498 g/mol. The number of benzene rings is 3. The van der Waals surface area contributed by atoms with Gasteiger partial charge in [-0.15, -0.1) is 0 Å². The van der Waals surface area contributed by atoms with Gasteiger partial charge in [-0.3, -0.25) is 4.79 Å². The number of carbonyl (C=O) groups is 2. The summed E-state index contributed by atoms with van der Waals surface area (Å²) >= 11 is 0. The topological polar surface area (TPSA) is 100 Å². The number of hydrogen-bond donors (Lipinski definition) is 0. The molecule has 0 fully saturated rings. The number of hydrogen-bond acceptors (Lipinski definition) is 6. The summed E-state index contributed by atoms with van der Waals surface area (Å²) in [4.78, 5) is 23.2. The highest BCUT2D eigenvalue weighted by Gasteiger charge is 2.10. The predicted octanol–water partition coefficient (Wildman–Crippen LogP) is 5.03. The minimum atomic E-state index is -0.506. The molecule has 0 aliphatic rings. The van der Waals surface area contributed by atoms with Crippen molar-refractivity contribution in [1.82, 2.24) is 0 Å². The molecule has 6 nitrogen and oxygen atoms in total. The quantitative estimate of drug-likeness (QED) is 0.149. The van der Waals surface area contributed by atoms with Gasteiger partial charge in [-0.1, -0.05) is 30.3 Å². The van der Waals surface area contributed by atoms with Crippen molar-refractivity contribution in [2.75, 3.05) is 6.61 Å². The number of rotatable bonds is 7. The van der Waals surface area contributed by atoms with Crippen LogP contribution in [0.4, 0.5) is 0 Å².